The molecule has 1 aliphatic carbocycles. The standard InChI is InChI=1S/C19H21F2N7O.C19H25N7O2S.C17H18F3N7O.C17H19F2N7O.C17H18N8O/c1-27(17-13-2-4-22-16(13)23-10-24-17)12-3-5-28-9-14(26-15(28)6-12)18(29)25-11-7-19(20,21)8-11;1-25(18-14-4-6-20-17(14)22-12-23-18)13-5-8-26-11-15(24-16(26)10-13)19(27)21-7-9-29(2,3)28;1-26(15-11-2-4-21-14(11)23-9-24-15)10-3-5-27-7-12(25-13(27)6-10)16(28)22-8-17(18,19)20;1-25(16-11-2-4-20-15(11)22-9-23-16)10-3-5-26-8-12(24-14(26)6-10)17(27)21-7-13(18)19;1-24(16-12-2-5-19-15(12)21-10-22-16)11-3-7-25-9-13(23-14(25)8-11)17(26)20-6-4-18/h2,4,9-12H,3,5-8H2,1H3,(H,25,29)(H,22,23,24);4,6,11-13H,2,5,7-10H2,1,3H3,(H,21,27)(H,20,22,23);2,4,7,9-10H,3,5-6,8H2,1H3,(H,22,28)(H,21,23,24);2,4,8-10,13H,3,5-7H2,1H3,(H,21,27)(H,20,22,23);2,5,9-11H,3,6-8H2,1H3,(H,20,26)(H,19,21,22). The van der Waals surface area contributed by atoms with Gasteiger partial charge in [0, 0.05) is 230 Å². The Morgan fingerprint density at radius 2 is 0.727 bits per heavy atom. The molecule has 5 amide bonds. The van der Waals surface area contributed by atoms with Gasteiger partial charge in [-0.15, -0.1) is 0 Å². The Morgan fingerprint density at radius 3 is 0.993 bits per heavy atom. The van der Waals surface area contributed by atoms with Gasteiger partial charge in [0.05, 0.1) is 39.5 Å². The van der Waals surface area contributed by atoms with E-state index < -0.39 is 59.0 Å². The Bertz CT molecular complexity index is 7130. The van der Waals surface area contributed by atoms with Crippen molar-refractivity contribution in [2.45, 2.75) is 165 Å². The molecule has 15 aromatic rings. The first-order chi connectivity index (χ1) is 66.7. The number of rotatable bonds is 23. The molecule has 728 valence electrons. The Kier molecular flexibility index (Phi) is 27.7. The van der Waals surface area contributed by atoms with Gasteiger partial charge in [0.15, 0.2) is 0 Å². The van der Waals surface area contributed by atoms with Crippen LogP contribution < -0.4 is 51.1 Å². The van der Waals surface area contributed by atoms with Crippen LogP contribution in [0.2, 0.25) is 0 Å². The van der Waals surface area contributed by atoms with Gasteiger partial charge in [0.2, 0.25) is 0 Å². The minimum Gasteiger partial charge on any atom is -0.356 e. The number of aromatic amines is 5. The van der Waals surface area contributed by atoms with Crippen LogP contribution in [0.15, 0.2) is 124 Å². The molecule has 10 N–H and O–H groups in total. The number of H-pyrrole nitrogens is 5. The zero-order valence-electron chi connectivity index (χ0n) is 76.5. The molecule has 6 atom stereocenters. The summed E-state index contributed by atoms with van der Waals surface area (Å²) < 4.78 is 109. The summed E-state index contributed by atoms with van der Waals surface area (Å²) in [7, 11) is 7.87. The normalized spacial score (nSPS) is 17.7. The average Bonchev–Trinajstić information content (AvgIpc) is 1.67. The molecule has 0 bridgehead atoms. The van der Waals surface area contributed by atoms with Crippen LogP contribution in [0.5, 0.6) is 0 Å². The van der Waals surface area contributed by atoms with Gasteiger partial charge < -0.3 is 98.8 Å². The van der Waals surface area contributed by atoms with Gasteiger partial charge in [0.25, 0.3) is 41.9 Å². The fourth-order valence-corrected chi connectivity index (χ4v) is 18.6. The highest BCUT2D eigenvalue weighted by Crippen LogP contribution is 2.39. The number of nitrogens with one attached hydrogen (secondary N) is 10. The van der Waals surface area contributed by atoms with Crippen molar-refractivity contribution in [3.8, 4) is 6.07 Å². The zero-order valence-corrected chi connectivity index (χ0v) is 77.3. The number of halogens is 7. The predicted molar refractivity (Wildman–Crippen MR) is 502 cm³/mol. The molecule has 0 spiro atoms. The number of hydrogen-bond acceptors (Lipinski definition) is 27. The molecule has 0 saturated heterocycles. The van der Waals surface area contributed by atoms with Crippen molar-refractivity contribution in [1.29, 1.82) is 5.26 Å². The smallest absolute Gasteiger partial charge is 0.356 e. The number of hydrogen-bond donors (Lipinski definition) is 10. The van der Waals surface area contributed by atoms with Crippen molar-refractivity contribution in [2.75, 3.05) is 97.9 Å². The van der Waals surface area contributed by atoms with Crippen molar-refractivity contribution >= 4 is 129 Å². The Labute approximate surface area is 788 Å². The number of likely N-dealkylation sites (N-methyl/N-ethyl adjacent to an activating group) is 5. The van der Waals surface area contributed by atoms with E-state index in [1.807, 2.05) is 125 Å². The lowest BCUT2D eigenvalue weighted by Gasteiger charge is -2.35. The molecule has 1 fully saturated rings. The summed E-state index contributed by atoms with van der Waals surface area (Å²) in [6.07, 6.45) is 26.9. The molecule has 0 radical (unpaired) electrons. The molecule has 15 aromatic heterocycles. The molecular weight excluding hydrogens is 1830 g/mol. The molecule has 1 saturated carbocycles. The second kappa shape index (κ2) is 40.4. The number of imidazole rings is 5. The third-order valence-corrected chi connectivity index (χ3v) is 26.6. The number of nitriles is 1. The van der Waals surface area contributed by atoms with Crippen LogP contribution in [0, 0.1) is 11.3 Å². The minimum absolute atomic E-state index is 0.00221. The van der Waals surface area contributed by atoms with Gasteiger partial charge >= 0.3 is 6.18 Å². The van der Waals surface area contributed by atoms with Crippen molar-refractivity contribution in [1.82, 2.24) is 149 Å². The predicted octanol–water partition coefficient (Wildman–Crippen LogP) is 7.17. The molecule has 5 aliphatic heterocycles. The maximum Gasteiger partial charge on any atom is 0.405 e. The SMILES string of the molecule is C=S(C)(=O)CCNC(=O)c1cn2c(n1)CC(N(C)c1ncnc3[nH]ccc13)CC2.CN(c1ncnc2[nH]ccc12)C1CCn2cc(C(=O)NC3CC(F)(F)C3)nc2C1.CN(c1ncnc2[nH]ccc12)C1CCn2cc(C(=O)NCC#N)nc2C1.CN(c1ncnc2[nH]ccc12)C1CCn2cc(C(=O)NCC(F)(F)F)nc2C1.CN(c1ncnc2[nH]ccc12)C1CCn2cc(C(=O)NCC(F)F)nc2C1. The molecule has 6 unspecified atom stereocenters. The maximum atomic E-state index is 13.0. The molecule has 50 heteroatoms. The lowest BCUT2D eigenvalue weighted by molar-refractivity contribution is -0.123. The Morgan fingerprint density at radius 1 is 0.453 bits per heavy atom. The lowest BCUT2D eigenvalue weighted by atomic mass is 9.88. The Balaban J connectivity index is 0.000000120. The number of anilines is 5. The molecule has 20 heterocycles. The third kappa shape index (κ3) is 21.8. The first-order valence-electron chi connectivity index (χ1n) is 44.9. The highest BCUT2D eigenvalue weighted by molar-refractivity contribution is 7.99. The van der Waals surface area contributed by atoms with E-state index in [1.165, 1.54) is 18.9 Å². The zero-order chi connectivity index (χ0) is 97.7. The van der Waals surface area contributed by atoms with Crippen LogP contribution in [-0.2, 0) is 74.3 Å². The molecule has 139 heavy (non-hydrogen) atoms. The van der Waals surface area contributed by atoms with E-state index in [0.29, 0.717) is 61.9 Å². The number of carbonyl (C=O) groups excluding carboxylic acids is 5. The van der Waals surface area contributed by atoms with E-state index in [0.717, 1.165) is 172 Å². The van der Waals surface area contributed by atoms with Crippen molar-refractivity contribution < 1.29 is 58.9 Å². The van der Waals surface area contributed by atoms with Gasteiger partial charge in [-0.25, -0.2) is 92.3 Å². The second-order valence-electron chi connectivity index (χ2n) is 35.0. The lowest BCUT2D eigenvalue weighted by Crippen LogP contribution is -2.50. The van der Waals surface area contributed by atoms with Crippen LogP contribution in [0.3, 0.4) is 0 Å². The average molecular weight is 1940 g/mol. The largest absolute Gasteiger partial charge is 0.405 e. The van der Waals surface area contributed by atoms with E-state index in [2.05, 4.69) is 151 Å². The highest BCUT2D eigenvalue weighted by Gasteiger charge is 2.46. The molecule has 6 aliphatic rings. The molecule has 42 nitrogen and oxygen atoms in total. The van der Waals surface area contributed by atoms with E-state index >= 15 is 0 Å². The van der Waals surface area contributed by atoms with Gasteiger partial charge in [-0.2, -0.15) is 18.4 Å². The van der Waals surface area contributed by atoms with Crippen molar-refractivity contribution in [2.24, 2.45) is 0 Å². The summed E-state index contributed by atoms with van der Waals surface area (Å²) >= 11 is 0. The van der Waals surface area contributed by atoms with Gasteiger partial charge in [-0.3, -0.25) is 28.2 Å². The third-order valence-electron chi connectivity index (χ3n) is 25.6. The summed E-state index contributed by atoms with van der Waals surface area (Å²) in [5, 5.41) is 25.4. The first-order valence-corrected chi connectivity index (χ1v) is 47.2. The van der Waals surface area contributed by atoms with Gasteiger partial charge in [-0.1, -0.05) is 0 Å². The fraction of sp³-hybridized carbons (Fsp3) is 0.416. The number of aryl methyl sites for hydroxylation is 5. The van der Waals surface area contributed by atoms with Crippen LogP contribution >= 0.6 is 0 Å². The summed E-state index contributed by atoms with van der Waals surface area (Å²) in [5.41, 5.74) is 5.15. The number of amides is 5. The maximum absolute atomic E-state index is 13.0. The van der Waals surface area contributed by atoms with Crippen molar-refractivity contribution in [3.63, 3.8) is 0 Å². The second-order valence-corrected chi connectivity index (χ2v) is 37.7. The number of alkyl halides is 7. The number of nitrogens with zero attached hydrogens (tertiary/aromatic N) is 26. The summed E-state index contributed by atoms with van der Waals surface area (Å²) in [6.45, 7) is 1.86. The fourth-order valence-electron chi connectivity index (χ4n) is 18.1. The van der Waals surface area contributed by atoms with E-state index in [-0.39, 0.29) is 84.4 Å². The number of aromatic nitrogens is 25. The Hall–Kier alpha value is -15.5. The van der Waals surface area contributed by atoms with Gasteiger partial charge in [-0.05, 0) is 77.8 Å². The summed E-state index contributed by atoms with van der Waals surface area (Å²) in [6, 6.07) is 12.1. The first kappa shape index (κ1) is 95.3. The quantitative estimate of drug-likeness (QED) is 0.0172. The van der Waals surface area contributed by atoms with Crippen molar-refractivity contribution in [3.05, 3.63) is 182 Å². The van der Waals surface area contributed by atoms with Crippen LogP contribution in [0.1, 0.15) is 127 Å². The molecular formula is C89H101F7N36O6S. The molecule has 0 aromatic carbocycles. The van der Waals surface area contributed by atoms with Crippen LogP contribution in [0.25, 0.3) is 55.2 Å². The topological polar surface area (TPSA) is 500 Å². The summed E-state index contributed by atoms with van der Waals surface area (Å²) in [5.74, 6) is 7.19. The van der Waals surface area contributed by atoms with E-state index in [1.54, 1.807) is 56.2 Å². The minimum atomic E-state index is -4.45. The van der Waals surface area contributed by atoms with Crippen LogP contribution in [-0.4, -0.2) is 290 Å². The number of fused-ring (bicyclic) bond motifs is 10. The number of carbonyl (C=O) groups is 5. The van der Waals surface area contributed by atoms with E-state index in [9.17, 15) is 58.9 Å². The van der Waals surface area contributed by atoms with Gasteiger partial charge in [0.1, 0.15) is 160 Å². The highest BCUT2D eigenvalue weighted by atomic mass is 32.2. The van der Waals surface area contributed by atoms with E-state index in [4.69, 9.17) is 5.26 Å². The summed E-state index contributed by atoms with van der Waals surface area (Å²) in [4.78, 5) is 152. The van der Waals surface area contributed by atoms with Crippen LogP contribution in [0.4, 0.5) is 59.8 Å². The monoisotopic (exact) mass is 1930 g/mol. The molecule has 21 rings (SSSR count).